The minimum Gasteiger partial charge on any atom is -0.478 e. The molecule has 16 heavy (non-hydrogen) atoms. The lowest BCUT2D eigenvalue weighted by molar-refractivity contribution is -0.117. The summed E-state index contributed by atoms with van der Waals surface area (Å²) in [5.74, 6) is 3.21. The van der Waals surface area contributed by atoms with Gasteiger partial charge in [-0.1, -0.05) is 23.4 Å². The lowest BCUT2D eigenvalue weighted by Crippen LogP contribution is -2.08. The van der Waals surface area contributed by atoms with E-state index in [4.69, 9.17) is 22.4 Å². The molecule has 0 aliphatic rings. The largest absolute Gasteiger partial charge is 0.478 e. The summed E-state index contributed by atoms with van der Waals surface area (Å²) >= 11 is 5.55. The second kappa shape index (κ2) is 5.14. The maximum absolute atomic E-state index is 10.8. The van der Waals surface area contributed by atoms with E-state index in [0.29, 0.717) is 0 Å². The van der Waals surface area contributed by atoms with E-state index in [1.807, 2.05) is 0 Å². The number of hydrogen-bond acceptors (Lipinski definition) is 3. The highest BCUT2D eigenvalue weighted by Crippen LogP contribution is 2.12. The minimum absolute atomic E-state index is 0.0584. The van der Waals surface area contributed by atoms with E-state index in [-0.39, 0.29) is 22.7 Å². The summed E-state index contributed by atoms with van der Waals surface area (Å²) in [6.45, 7) is 0. The molecule has 5 nitrogen and oxygen atoms in total. The van der Waals surface area contributed by atoms with Crippen molar-refractivity contribution < 1.29 is 14.7 Å². The SMILES string of the molecule is NC(=O)CC#Cc1cnc(Cl)cc1C(=O)O. The Hall–Kier alpha value is -2.06. The van der Waals surface area contributed by atoms with Crippen LogP contribution < -0.4 is 5.73 Å². The average molecular weight is 239 g/mol. The molecule has 0 fully saturated rings. The first kappa shape index (κ1) is 12.0. The second-order valence-corrected chi connectivity index (χ2v) is 3.19. The van der Waals surface area contributed by atoms with Crippen LogP contribution in [-0.2, 0) is 4.79 Å². The average Bonchev–Trinajstić information content (AvgIpc) is 2.19. The Kier molecular flexibility index (Phi) is 3.86. The summed E-state index contributed by atoms with van der Waals surface area (Å²) in [5, 5.41) is 8.92. The van der Waals surface area contributed by atoms with E-state index in [9.17, 15) is 9.59 Å². The molecule has 0 aliphatic heterocycles. The molecule has 1 rings (SSSR count). The monoisotopic (exact) mass is 238 g/mol. The summed E-state index contributed by atoms with van der Waals surface area (Å²) in [6, 6.07) is 1.19. The third-order valence-corrected chi connectivity index (χ3v) is 1.79. The van der Waals surface area contributed by atoms with Gasteiger partial charge in [0.15, 0.2) is 0 Å². The predicted molar refractivity (Wildman–Crippen MR) is 56.9 cm³/mol. The van der Waals surface area contributed by atoms with E-state index < -0.39 is 11.9 Å². The molecule has 0 aromatic carbocycles. The number of carboxylic acid groups (broad SMARTS) is 1. The molecule has 0 spiro atoms. The molecule has 82 valence electrons. The van der Waals surface area contributed by atoms with Crippen LogP contribution in [0.2, 0.25) is 5.15 Å². The second-order valence-electron chi connectivity index (χ2n) is 2.80. The zero-order valence-corrected chi connectivity index (χ0v) is 8.78. The van der Waals surface area contributed by atoms with Crippen molar-refractivity contribution in [1.29, 1.82) is 0 Å². The van der Waals surface area contributed by atoms with E-state index in [1.54, 1.807) is 0 Å². The van der Waals surface area contributed by atoms with Crippen LogP contribution in [0.25, 0.3) is 0 Å². The number of aromatic carboxylic acids is 1. The van der Waals surface area contributed by atoms with Gasteiger partial charge in [0.05, 0.1) is 17.5 Å². The number of amides is 1. The van der Waals surface area contributed by atoms with Gasteiger partial charge in [-0.15, -0.1) is 0 Å². The van der Waals surface area contributed by atoms with E-state index in [1.165, 1.54) is 12.3 Å². The highest BCUT2D eigenvalue weighted by molar-refractivity contribution is 6.29. The molecule has 1 amide bonds. The number of aromatic nitrogens is 1. The van der Waals surface area contributed by atoms with Crippen molar-refractivity contribution in [3.63, 3.8) is 0 Å². The Morgan fingerprint density at radius 2 is 2.25 bits per heavy atom. The number of carboxylic acids is 1. The normalized spacial score (nSPS) is 9.06. The van der Waals surface area contributed by atoms with Crippen molar-refractivity contribution in [2.45, 2.75) is 6.42 Å². The summed E-state index contributed by atoms with van der Waals surface area (Å²) in [4.78, 5) is 25.0. The number of nitrogens with two attached hydrogens (primary N) is 1. The molecule has 0 bridgehead atoms. The Bertz CT molecular complexity index is 503. The molecule has 1 aromatic rings. The lowest BCUT2D eigenvalue weighted by Gasteiger charge is -1.98. The van der Waals surface area contributed by atoms with Gasteiger partial charge in [-0.2, -0.15) is 0 Å². The topological polar surface area (TPSA) is 93.3 Å². The van der Waals surface area contributed by atoms with Crippen LogP contribution in [0.5, 0.6) is 0 Å². The van der Waals surface area contributed by atoms with Gasteiger partial charge in [-0.3, -0.25) is 4.79 Å². The third kappa shape index (κ3) is 3.26. The van der Waals surface area contributed by atoms with Crippen LogP contribution in [0.1, 0.15) is 22.3 Å². The number of carbonyl (C=O) groups is 2. The zero-order chi connectivity index (χ0) is 12.1. The number of nitrogens with zero attached hydrogens (tertiary/aromatic N) is 1. The first-order valence-electron chi connectivity index (χ1n) is 4.16. The van der Waals surface area contributed by atoms with Gasteiger partial charge < -0.3 is 10.8 Å². The molecule has 0 radical (unpaired) electrons. The maximum atomic E-state index is 10.8. The van der Waals surface area contributed by atoms with Gasteiger partial charge in [0, 0.05) is 6.20 Å². The summed E-state index contributed by atoms with van der Waals surface area (Å²) in [7, 11) is 0. The van der Waals surface area contributed by atoms with Crippen molar-refractivity contribution in [1.82, 2.24) is 4.98 Å². The van der Waals surface area contributed by atoms with Crippen LogP contribution in [0.15, 0.2) is 12.3 Å². The van der Waals surface area contributed by atoms with Gasteiger partial charge >= 0.3 is 5.97 Å². The van der Waals surface area contributed by atoms with E-state index in [2.05, 4.69) is 16.8 Å². The Morgan fingerprint density at radius 3 is 2.81 bits per heavy atom. The fourth-order valence-corrected chi connectivity index (χ4v) is 1.09. The number of rotatable bonds is 2. The van der Waals surface area contributed by atoms with Gasteiger partial charge in [0.25, 0.3) is 0 Å². The molecule has 6 heteroatoms. The molecule has 0 aliphatic carbocycles. The van der Waals surface area contributed by atoms with Gasteiger partial charge in [-0.05, 0) is 6.07 Å². The lowest BCUT2D eigenvalue weighted by atomic mass is 10.1. The first-order valence-corrected chi connectivity index (χ1v) is 4.54. The molecule has 0 atom stereocenters. The minimum atomic E-state index is -1.16. The quantitative estimate of drug-likeness (QED) is 0.585. The van der Waals surface area contributed by atoms with Crippen molar-refractivity contribution in [3.05, 3.63) is 28.5 Å². The summed E-state index contributed by atoms with van der Waals surface area (Å²) in [5.41, 5.74) is 5.02. The van der Waals surface area contributed by atoms with Crippen LogP contribution in [-0.4, -0.2) is 22.0 Å². The van der Waals surface area contributed by atoms with E-state index in [0.717, 1.165) is 0 Å². The number of primary amides is 1. The third-order valence-electron chi connectivity index (χ3n) is 1.59. The summed E-state index contributed by atoms with van der Waals surface area (Å²) in [6.07, 6.45) is 1.10. The Morgan fingerprint density at radius 1 is 1.56 bits per heavy atom. The Balaban J connectivity index is 3.07. The van der Waals surface area contributed by atoms with Crippen LogP contribution >= 0.6 is 11.6 Å². The number of pyridine rings is 1. The molecular weight excluding hydrogens is 232 g/mol. The summed E-state index contributed by atoms with van der Waals surface area (Å²) < 4.78 is 0. The highest BCUT2D eigenvalue weighted by atomic mass is 35.5. The molecule has 3 N–H and O–H groups in total. The van der Waals surface area contributed by atoms with Crippen molar-refractivity contribution in [2.75, 3.05) is 0 Å². The van der Waals surface area contributed by atoms with E-state index >= 15 is 0 Å². The van der Waals surface area contributed by atoms with Crippen molar-refractivity contribution in [3.8, 4) is 11.8 Å². The molecule has 0 saturated heterocycles. The maximum Gasteiger partial charge on any atom is 0.337 e. The van der Waals surface area contributed by atoms with Crippen molar-refractivity contribution in [2.24, 2.45) is 5.73 Å². The molecule has 1 aromatic heterocycles. The van der Waals surface area contributed by atoms with Crippen molar-refractivity contribution >= 4 is 23.5 Å². The van der Waals surface area contributed by atoms with Gasteiger partial charge in [0.2, 0.25) is 5.91 Å². The fourth-order valence-electron chi connectivity index (χ4n) is 0.933. The highest BCUT2D eigenvalue weighted by Gasteiger charge is 2.09. The number of halogens is 1. The number of hydrogen-bond donors (Lipinski definition) is 2. The standard InChI is InChI=1S/C10H7ClN2O3/c11-8-4-7(10(15)16)6(5-13-8)2-1-3-9(12)14/h4-5H,3H2,(H2,12,14)(H,15,16). The fraction of sp³-hybridized carbons (Fsp3) is 0.100. The molecular formula is C10H7ClN2O3. The Labute approximate surface area is 96.2 Å². The smallest absolute Gasteiger partial charge is 0.337 e. The zero-order valence-electron chi connectivity index (χ0n) is 8.03. The molecule has 1 heterocycles. The molecule has 0 unspecified atom stereocenters. The van der Waals surface area contributed by atoms with Crippen LogP contribution in [0.3, 0.4) is 0 Å². The van der Waals surface area contributed by atoms with Gasteiger partial charge in [0.1, 0.15) is 5.15 Å². The van der Waals surface area contributed by atoms with Gasteiger partial charge in [-0.25, -0.2) is 9.78 Å². The molecule has 0 saturated carbocycles. The van der Waals surface area contributed by atoms with Crippen LogP contribution in [0, 0.1) is 11.8 Å². The van der Waals surface area contributed by atoms with Crippen LogP contribution in [0.4, 0.5) is 0 Å². The first-order chi connectivity index (χ1) is 7.50. The predicted octanol–water partition coefficient (Wildman–Crippen LogP) is 0.660. The number of carbonyl (C=O) groups excluding carboxylic acids is 1.